The highest BCUT2D eigenvalue weighted by atomic mass is 16.2. The largest absolute Gasteiger partial charge is 0.384 e. The predicted octanol–water partition coefficient (Wildman–Crippen LogP) is 0.285. The maximum atomic E-state index is 11.4. The van der Waals surface area contributed by atoms with E-state index in [0.29, 0.717) is 11.4 Å². The second kappa shape index (κ2) is 5.54. The summed E-state index contributed by atoms with van der Waals surface area (Å²) in [6, 6.07) is 3.98. The number of hydrogen-bond donors (Lipinski definition) is 3. The second-order valence-electron chi connectivity index (χ2n) is 4.60. The number of nitrogens with two attached hydrogens (primary N) is 1. The van der Waals surface area contributed by atoms with Crippen LogP contribution in [0.3, 0.4) is 0 Å². The number of pyridine rings is 2. The molecule has 3 heterocycles. The summed E-state index contributed by atoms with van der Waals surface area (Å²) in [5, 5.41) is 4.53. The van der Waals surface area contributed by atoms with Crippen LogP contribution in [0.2, 0.25) is 0 Å². The molecule has 7 heteroatoms. The van der Waals surface area contributed by atoms with Crippen LogP contribution in [0, 0.1) is 11.8 Å². The molecule has 1 aliphatic rings. The molecule has 3 rings (SSSR count). The lowest BCUT2D eigenvalue weighted by molar-refractivity contribution is -0.119. The van der Waals surface area contributed by atoms with Gasteiger partial charge in [-0.05, 0) is 18.2 Å². The number of hydrogen-bond acceptors (Lipinski definition) is 5. The van der Waals surface area contributed by atoms with Crippen LogP contribution in [0.25, 0.3) is 11.1 Å². The molecule has 1 fully saturated rings. The van der Waals surface area contributed by atoms with Gasteiger partial charge < -0.3 is 11.1 Å². The zero-order valence-corrected chi connectivity index (χ0v) is 11.3. The number of nitrogen functional groups attached to an aromatic ring is 1. The minimum atomic E-state index is -0.839. The standard InChI is InChI=1S/C15H11N5O2/c16-13-4-2-10(8-18-13)11-5-9(6-17-7-11)1-3-12-14(21)20-15(22)19-12/h2,4-8,12H,(H2,16,18)(H2,19,20,21,22). The van der Waals surface area contributed by atoms with Gasteiger partial charge in [0, 0.05) is 35.3 Å². The molecule has 4 N–H and O–H groups in total. The van der Waals surface area contributed by atoms with Gasteiger partial charge in [0.2, 0.25) is 0 Å². The van der Waals surface area contributed by atoms with Gasteiger partial charge in [0.15, 0.2) is 6.04 Å². The maximum Gasteiger partial charge on any atom is 0.322 e. The lowest BCUT2D eigenvalue weighted by Gasteiger charge is -2.01. The molecule has 22 heavy (non-hydrogen) atoms. The third kappa shape index (κ3) is 2.86. The van der Waals surface area contributed by atoms with Crippen LogP contribution in [0.4, 0.5) is 10.6 Å². The SMILES string of the molecule is Nc1ccc(-c2cncc(C#CC3NC(=O)NC3=O)c2)cn1. The van der Waals surface area contributed by atoms with E-state index in [-0.39, 0.29) is 0 Å². The van der Waals surface area contributed by atoms with Gasteiger partial charge in [0.05, 0.1) is 0 Å². The van der Waals surface area contributed by atoms with Gasteiger partial charge in [-0.1, -0.05) is 11.8 Å². The van der Waals surface area contributed by atoms with Crippen LogP contribution in [-0.4, -0.2) is 27.9 Å². The smallest absolute Gasteiger partial charge is 0.322 e. The average molecular weight is 293 g/mol. The number of aromatic nitrogens is 2. The molecular weight excluding hydrogens is 282 g/mol. The molecule has 3 amide bonds. The number of imide groups is 1. The Morgan fingerprint density at radius 2 is 2.00 bits per heavy atom. The van der Waals surface area contributed by atoms with Gasteiger partial charge in [-0.15, -0.1) is 0 Å². The van der Waals surface area contributed by atoms with Crippen molar-refractivity contribution in [1.82, 2.24) is 20.6 Å². The van der Waals surface area contributed by atoms with Crippen LogP contribution in [0.5, 0.6) is 0 Å². The Balaban J connectivity index is 1.85. The van der Waals surface area contributed by atoms with Gasteiger partial charge in [-0.3, -0.25) is 15.1 Å². The van der Waals surface area contributed by atoms with E-state index in [9.17, 15) is 9.59 Å². The van der Waals surface area contributed by atoms with Crippen molar-refractivity contribution < 1.29 is 9.59 Å². The predicted molar refractivity (Wildman–Crippen MR) is 79.2 cm³/mol. The van der Waals surface area contributed by atoms with Crippen LogP contribution in [-0.2, 0) is 4.79 Å². The number of amides is 3. The number of urea groups is 1. The van der Waals surface area contributed by atoms with Crippen molar-refractivity contribution in [1.29, 1.82) is 0 Å². The fraction of sp³-hybridized carbons (Fsp3) is 0.0667. The van der Waals surface area contributed by atoms with Crippen molar-refractivity contribution in [3.63, 3.8) is 0 Å². The molecule has 0 radical (unpaired) electrons. The molecule has 1 unspecified atom stereocenters. The number of carbonyl (C=O) groups excluding carboxylic acids is 2. The summed E-state index contributed by atoms with van der Waals surface area (Å²) in [4.78, 5) is 30.5. The van der Waals surface area contributed by atoms with E-state index in [1.54, 1.807) is 24.7 Å². The molecule has 0 aromatic carbocycles. The van der Waals surface area contributed by atoms with Gasteiger partial charge in [-0.25, -0.2) is 9.78 Å². The van der Waals surface area contributed by atoms with Crippen molar-refractivity contribution in [2.45, 2.75) is 6.04 Å². The lowest BCUT2D eigenvalue weighted by atomic mass is 10.1. The summed E-state index contributed by atoms with van der Waals surface area (Å²) in [6.45, 7) is 0. The minimum Gasteiger partial charge on any atom is -0.384 e. The maximum absolute atomic E-state index is 11.4. The Bertz CT molecular complexity index is 805. The Morgan fingerprint density at radius 3 is 2.68 bits per heavy atom. The summed E-state index contributed by atoms with van der Waals surface area (Å²) in [5.74, 6) is 5.51. The zero-order valence-electron chi connectivity index (χ0n) is 11.3. The molecule has 2 aromatic heterocycles. The molecule has 0 spiro atoms. The molecule has 0 saturated carbocycles. The van der Waals surface area contributed by atoms with Crippen molar-refractivity contribution in [3.05, 3.63) is 42.4 Å². The Kier molecular flexibility index (Phi) is 3.42. The number of anilines is 1. The number of nitrogens with one attached hydrogen (secondary N) is 2. The van der Waals surface area contributed by atoms with Crippen molar-refractivity contribution in [2.75, 3.05) is 5.73 Å². The molecule has 7 nitrogen and oxygen atoms in total. The number of rotatable bonds is 1. The second-order valence-corrected chi connectivity index (χ2v) is 4.60. The lowest BCUT2D eigenvalue weighted by Crippen LogP contribution is -2.26. The first kappa shape index (κ1) is 13.6. The van der Waals surface area contributed by atoms with Crippen LogP contribution < -0.4 is 16.4 Å². The quantitative estimate of drug-likeness (QED) is 0.517. The van der Waals surface area contributed by atoms with Gasteiger partial charge in [0.1, 0.15) is 5.82 Å². The molecule has 0 aliphatic carbocycles. The zero-order chi connectivity index (χ0) is 15.5. The normalized spacial score (nSPS) is 16.5. The van der Waals surface area contributed by atoms with Crippen molar-refractivity contribution in [2.24, 2.45) is 0 Å². The highest BCUT2D eigenvalue weighted by molar-refractivity contribution is 6.05. The van der Waals surface area contributed by atoms with Crippen molar-refractivity contribution in [3.8, 4) is 23.0 Å². The van der Waals surface area contributed by atoms with E-state index in [0.717, 1.165) is 11.1 Å². The number of carbonyl (C=O) groups is 2. The topological polar surface area (TPSA) is 110 Å². The summed E-state index contributed by atoms with van der Waals surface area (Å²) in [6.07, 6.45) is 4.91. The average Bonchev–Trinajstić information content (AvgIpc) is 2.84. The van der Waals surface area contributed by atoms with E-state index in [4.69, 9.17) is 5.73 Å². The molecule has 1 aliphatic heterocycles. The van der Waals surface area contributed by atoms with E-state index in [1.165, 1.54) is 0 Å². The molecule has 1 atom stereocenters. The fourth-order valence-electron chi connectivity index (χ4n) is 1.92. The van der Waals surface area contributed by atoms with Crippen LogP contribution in [0.1, 0.15) is 5.56 Å². The molecule has 0 bridgehead atoms. The molecule has 2 aromatic rings. The highest BCUT2D eigenvalue weighted by Gasteiger charge is 2.27. The van der Waals surface area contributed by atoms with E-state index < -0.39 is 18.0 Å². The van der Waals surface area contributed by atoms with Crippen LogP contribution >= 0.6 is 0 Å². The minimum absolute atomic E-state index is 0.440. The Morgan fingerprint density at radius 1 is 1.14 bits per heavy atom. The monoisotopic (exact) mass is 293 g/mol. The van der Waals surface area contributed by atoms with Crippen molar-refractivity contribution >= 4 is 17.8 Å². The summed E-state index contributed by atoms with van der Waals surface area (Å²) in [7, 11) is 0. The molecule has 1 saturated heterocycles. The summed E-state index contributed by atoms with van der Waals surface area (Å²) in [5.41, 5.74) is 7.87. The third-order valence-corrected chi connectivity index (χ3v) is 2.99. The van der Waals surface area contributed by atoms with Gasteiger partial charge in [-0.2, -0.15) is 0 Å². The van der Waals surface area contributed by atoms with Gasteiger partial charge >= 0.3 is 6.03 Å². The van der Waals surface area contributed by atoms with E-state index >= 15 is 0 Å². The number of nitrogens with zero attached hydrogens (tertiary/aromatic N) is 2. The van der Waals surface area contributed by atoms with Crippen LogP contribution in [0.15, 0.2) is 36.8 Å². The molecular formula is C15H11N5O2. The Hall–Kier alpha value is -3.40. The van der Waals surface area contributed by atoms with E-state index in [2.05, 4.69) is 32.4 Å². The van der Waals surface area contributed by atoms with Gasteiger partial charge in [0.25, 0.3) is 5.91 Å². The Labute approximate surface area is 126 Å². The summed E-state index contributed by atoms with van der Waals surface area (Å²) >= 11 is 0. The fourth-order valence-corrected chi connectivity index (χ4v) is 1.92. The first-order valence-electron chi connectivity index (χ1n) is 6.42. The first-order valence-corrected chi connectivity index (χ1v) is 6.42. The first-order chi connectivity index (χ1) is 10.6. The van der Waals surface area contributed by atoms with E-state index in [1.807, 2.05) is 12.1 Å². The third-order valence-electron chi connectivity index (χ3n) is 2.99. The molecule has 108 valence electrons. The summed E-state index contributed by atoms with van der Waals surface area (Å²) < 4.78 is 0. The highest BCUT2D eigenvalue weighted by Crippen LogP contribution is 2.18.